The quantitative estimate of drug-likeness (QED) is 0.649. The van der Waals surface area contributed by atoms with Gasteiger partial charge in [0.2, 0.25) is 0 Å². The Labute approximate surface area is 126 Å². The van der Waals surface area contributed by atoms with Crippen molar-refractivity contribution in [3.63, 3.8) is 0 Å². The van der Waals surface area contributed by atoms with Gasteiger partial charge >= 0.3 is 0 Å². The van der Waals surface area contributed by atoms with Crippen LogP contribution in [-0.4, -0.2) is 11.0 Å². The number of nitrogens with zero attached hydrogens (tertiary/aromatic N) is 1. The highest BCUT2D eigenvalue weighted by Gasteiger charge is 2.32. The van der Waals surface area contributed by atoms with Crippen molar-refractivity contribution in [1.29, 1.82) is 0 Å². The number of anilines is 1. The highest BCUT2D eigenvalue weighted by molar-refractivity contribution is 5.55. The van der Waals surface area contributed by atoms with Crippen LogP contribution in [0.3, 0.4) is 0 Å². The lowest BCUT2D eigenvalue weighted by molar-refractivity contribution is -0.385. The van der Waals surface area contributed by atoms with Crippen LogP contribution in [0.2, 0.25) is 0 Å². The first-order valence-electron chi connectivity index (χ1n) is 8.15. The third-order valence-electron chi connectivity index (χ3n) is 5.32. The number of benzene rings is 1. The van der Waals surface area contributed by atoms with E-state index in [0.29, 0.717) is 6.04 Å². The van der Waals surface area contributed by atoms with Crippen LogP contribution < -0.4 is 5.32 Å². The van der Waals surface area contributed by atoms with Gasteiger partial charge in [0, 0.05) is 23.4 Å². The minimum Gasteiger partial charge on any atom is -0.382 e. The van der Waals surface area contributed by atoms with Crippen LogP contribution >= 0.6 is 0 Å². The molecule has 1 aromatic carbocycles. The van der Waals surface area contributed by atoms with E-state index in [1.54, 1.807) is 13.0 Å². The normalized spacial score (nSPS) is 28.7. The van der Waals surface area contributed by atoms with Crippen molar-refractivity contribution in [2.24, 2.45) is 11.8 Å². The van der Waals surface area contributed by atoms with Crippen molar-refractivity contribution in [2.45, 2.75) is 57.9 Å². The van der Waals surface area contributed by atoms with Crippen molar-refractivity contribution >= 4 is 11.4 Å². The summed E-state index contributed by atoms with van der Waals surface area (Å²) in [5.74, 6) is 1.80. The predicted molar refractivity (Wildman–Crippen MR) is 84.5 cm³/mol. The fourth-order valence-electron chi connectivity index (χ4n) is 4.14. The predicted octanol–water partition coefficient (Wildman–Crippen LogP) is 4.67. The molecule has 2 saturated carbocycles. The minimum atomic E-state index is -0.293. The maximum Gasteiger partial charge on any atom is 0.274 e. The van der Waals surface area contributed by atoms with Gasteiger partial charge in [-0.15, -0.1) is 0 Å². The second-order valence-electron chi connectivity index (χ2n) is 6.72. The van der Waals surface area contributed by atoms with Gasteiger partial charge in [0.1, 0.15) is 0 Å². The topological polar surface area (TPSA) is 55.2 Å². The number of rotatable bonds is 3. The van der Waals surface area contributed by atoms with Gasteiger partial charge in [-0.2, -0.15) is 0 Å². The molecule has 1 N–H and O–H groups in total. The van der Waals surface area contributed by atoms with Crippen LogP contribution in [0.25, 0.3) is 0 Å². The molecule has 2 aliphatic rings. The monoisotopic (exact) mass is 288 g/mol. The number of nitro benzene ring substituents is 1. The smallest absolute Gasteiger partial charge is 0.274 e. The Bertz CT molecular complexity index is 530. The highest BCUT2D eigenvalue weighted by Crippen LogP contribution is 2.41. The molecule has 4 heteroatoms. The number of fused-ring (bicyclic) bond motifs is 1. The van der Waals surface area contributed by atoms with Gasteiger partial charge in [0.25, 0.3) is 5.69 Å². The molecule has 0 radical (unpaired) electrons. The van der Waals surface area contributed by atoms with Crippen LogP contribution in [0.1, 0.15) is 50.5 Å². The summed E-state index contributed by atoms with van der Waals surface area (Å²) in [6.45, 7) is 1.79. The van der Waals surface area contributed by atoms with Gasteiger partial charge in [-0.05, 0) is 44.1 Å². The molecule has 0 bridgehead atoms. The Balaban J connectivity index is 1.66. The fraction of sp³-hybridized carbons (Fsp3) is 0.647. The van der Waals surface area contributed by atoms with Crippen molar-refractivity contribution in [2.75, 3.05) is 5.32 Å². The van der Waals surface area contributed by atoms with Crippen molar-refractivity contribution in [3.8, 4) is 0 Å². The molecule has 3 unspecified atom stereocenters. The lowest BCUT2D eigenvalue weighted by Gasteiger charge is -2.39. The number of aryl methyl sites for hydroxylation is 1. The van der Waals surface area contributed by atoms with E-state index in [9.17, 15) is 10.1 Å². The summed E-state index contributed by atoms with van der Waals surface area (Å²) in [5, 5.41) is 14.6. The third kappa shape index (κ3) is 3.20. The summed E-state index contributed by atoms with van der Waals surface area (Å²) >= 11 is 0. The van der Waals surface area contributed by atoms with E-state index in [2.05, 4.69) is 5.32 Å². The van der Waals surface area contributed by atoms with Crippen LogP contribution in [0, 0.1) is 28.9 Å². The summed E-state index contributed by atoms with van der Waals surface area (Å²) in [5.41, 5.74) is 1.83. The molecule has 0 aromatic heterocycles. The molecule has 21 heavy (non-hydrogen) atoms. The van der Waals surface area contributed by atoms with Crippen LogP contribution in [0.15, 0.2) is 18.2 Å². The van der Waals surface area contributed by atoms with Crippen molar-refractivity contribution < 1.29 is 4.92 Å². The van der Waals surface area contributed by atoms with Gasteiger partial charge in [-0.25, -0.2) is 0 Å². The van der Waals surface area contributed by atoms with E-state index >= 15 is 0 Å². The van der Waals surface area contributed by atoms with Gasteiger partial charge in [-0.1, -0.05) is 31.7 Å². The lowest BCUT2D eigenvalue weighted by Crippen LogP contribution is -2.34. The molecular formula is C17H24N2O2. The zero-order valence-corrected chi connectivity index (χ0v) is 12.7. The number of nitrogens with one attached hydrogen (secondary N) is 1. The van der Waals surface area contributed by atoms with Gasteiger partial charge in [-0.3, -0.25) is 10.1 Å². The van der Waals surface area contributed by atoms with Gasteiger partial charge < -0.3 is 5.32 Å². The first-order chi connectivity index (χ1) is 10.1. The van der Waals surface area contributed by atoms with E-state index in [4.69, 9.17) is 0 Å². The lowest BCUT2D eigenvalue weighted by atomic mass is 9.69. The van der Waals surface area contributed by atoms with E-state index in [-0.39, 0.29) is 10.6 Å². The average Bonchev–Trinajstić information content (AvgIpc) is 2.49. The molecule has 0 spiro atoms. The summed E-state index contributed by atoms with van der Waals surface area (Å²) in [6.07, 6.45) is 9.31. The molecule has 1 aromatic rings. The zero-order chi connectivity index (χ0) is 14.8. The van der Waals surface area contributed by atoms with Crippen molar-refractivity contribution in [1.82, 2.24) is 0 Å². The zero-order valence-electron chi connectivity index (χ0n) is 12.7. The summed E-state index contributed by atoms with van der Waals surface area (Å²) < 4.78 is 0. The minimum absolute atomic E-state index is 0.214. The second-order valence-corrected chi connectivity index (χ2v) is 6.72. The molecule has 0 saturated heterocycles. The number of hydrogen-bond acceptors (Lipinski definition) is 3. The fourth-order valence-corrected chi connectivity index (χ4v) is 4.14. The molecule has 114 valence electrons. The molecule has 3 atom stereocenters. The van der Waals surface area contributed by atoms with Gasteiger partial charge in [0.15, 0.2) is 0 Å². The Kier molecular flexibility index (Phi) is 4.13. The Morgan fingerprint density at radius 3 is 2.67 bits per heavy atom. The van der Waals surface area contributed by atoms with E-state index in [0.717, 1.165) is 23.1 Å². The largest absolute Gasteiger partial charge is 0.382 e. The Hall–Kier alpha value is -1.58. The summed E-state index contributed by atoms with van der Waals surface area (Å²) in [7, 11) is 0. The maximum absolute atomic E-state index is 11.0. The summed E-state index contributed by atoms with van der Waals surface area (Å²) in [6, 6.07) is 5.97. The van der Waals surface area contributed by atoms with E-state index in [1.165, 1.54) is 44.9 Å². The molecule has 0 aliphatic heterocycles. The first kappa shape index (κ1) is 14.4. The SMILES string of the molecule is Cc1ccc(NC2CCC3CCCCC3C2)cc1[N+](=O)[O-]. The van der Waals surface area contributed by atoms with Crippen LogP contribution in [-0.2, 0) is 0 Å². The van der Waals surface area contributed by atoms with E-state index < -0.39 is 0 Å². The highest BCUT2D eigenvalue weighted by atomic mass is 16.6. The van der Waals surface area contributed by atoms with Crippen LogP contribution in [0.5, 0.6) is 0 Å². The molecule has 4 nitrogen and oxygen atoms in total. The Morgan fingerprint density at radius 2 is 1.90 bits per heavy atom. The van der Waals surface area contributed by atoms with E-state index in [1.807, 2.05) is 12.1 Å². The standard InChI is InChI=1S/C17H24N2O2/c1-12-6-8-16(11-17(12)19(20)21)18-15-9-7-13-4-2-3-5-14(13)10-15/h6,8,11,13-15,18H,2-5,7,9-10H2,1H3. The van der Waals surface area contributed by atoms with Crippen LogP contribution in [0.4, 0.5) is 11.4 Å². The molecule has 2 fully saturated rings. The second kappa shape index (κ2) is 6.04. The number of hydrogen-bond donors (Lipinski definition) is 1. The molecule has 0 amide bonds. The van der Waals surface area contributed by atoms with Crippen molar-refractivity contribution in [3.05, 3.63) is 33.9 Å². The molecule has 0 heterocycles. The summed E-state index contributed by atoms with van der Waals surface area (Å²) in [4.78, 5) is 10.7. The third-order valence-corrected chi connectivity index (χ3v) is 5.32. The average molecular weight is 288 g/mol. The molecule has 3 rings (SSSR count). The molecule has 2 aliphatic carbocycles. The first-order valence-corrected chi connectivity index (χ1v) is 8.15. The maximum atomic E-state index is 11.0. The number of nitro groups is 1. The Morgan fingerprint density at radius 1 is 1.14 bits per heavy atom. The van der Waals surface area contributed by atoms with Gasteiger partial charge in [0.05, 0.1) is 4.92 Å². The molecular weight excluding hydrogens is 264 g/mol.